The number of aromatic amines is 2. The topological polar surface area (TPSA) is 114 Å². The molecule has 2 heterocycles. The average Bonchev–Trinajstić information content (AvgIpc) is 3.52. The Kier molecular flexibility index (Phi) is 5.85. The van der Waals surface area contributed by atoms with Crippen LogP contribution < -0.4 is 10.9 Å². The highest BCUT2D eigenvalue weighted by Crippen LogP contribution is 2.21. The van der Waals surface area contributed by atoms with E-state index >= 15 is 0 Å². The van der Waals surface area contributed by atoms with Gasteiger partial charge in [0.25, 0.3) is 11.8 Å². The first-order chi connectivity index (χ1) is 16.7. The second-order valence-electron chi connectivity index (χ2n) is 7.93. The molecule has 34 heavy (non-hydrogen) atoms. The first-order valence-electron chi connectivity index (χ1n) is 10.9. The summed E-state index contributed by atoms with van der Waals surface area (Å²) in [6.07, 6.45) is 10.9. The van der Waals surface area contributed by atoms with E-state index in [1.54, 1.807) is 36.7 Å². The summed E-state index contributed by atoms with van der Waals surface area (Å²) in [5.41, 5.74) is 11.2. The van der Waals surface area contributed by atoms with Gasteiger partial charge in [-0.3, -0.25) is 9.59 Å². The molecule has 0 atom stereocenters. The number of hydrazone groups is 2. The fourth-order valence-corrected chi connectivity index (χ4v) is 3.80. The average molecular weight is 451 g/mol. The Balaban J connectivity index is 1.14. The lowest BCUT2D eigenvalue weighted by atomic mass is 9.99. The van der Waals surface area contributed by atoms with Crippen LogP contribution in [0.2, 0.25) is 0 Å². The van der Waals surface area contributed by atoms with Crippen LogP contribution in [0, 0.1) is 0 Å². The predicted octanol–water partition coefficient (Wildman–Crippen LogP) is 4.01. The van der Waals surface area contributed by atoms with Gasteiger partial charge < -0.3 is 9.97 Å². The van der Waals surface area contributed by atoms with Gasteiger partial charge >= 0.3 is 0 Å². The fourth-order valence-electron chi connectivity index (χ4n) is 3.80. The van der Waals surface area contributed by atoms with Crippen LogP contribution in [-0.2, 0) is 6.42 Å². The summed E-state index contributed by atoms with van der Waals surface area (Å²) < 4.78 is 0. The van der Waals surface area contributed by atoms with Crippen molar-refractivity contribution < 1.29 is 9.59 Å². The maximum absolute atomic E-state index is 12.4. The SMILES string of the molecule is O=C(N/N=C/C1=Cc2cc[nH]c2CC1)c1ccc(C(=O)N/N=C/c2ccc3[nH]ccc3c2)cc1. The van der Waals surface area contributed by atoms with Crippen molar-refractivity contribution >= 4 is 41.2 Å². The molecule has 0 aliphatic heterocycles. The van der Waals surface area contributed by atoms with Crippen LogP contribution in [0.1, 0.15) is 44.0 Å². The van der Waals surface area contributed by atoms with Gasteiger partial charge in [-0.25, -0.2) is 10.9 Å². The molecule has 1 aliphatic rings. The van der Waals surface area contributed by atoms with E-state index in [1.807, 2.05) is 42.7 Å². The molecule has 4 N–H and O–H groups in total. The molecule has 0 fully saturated rings. The number of hydrogen-bond donors (Lipinski definition) is 4. The van der Waals surface area contributed by atoms with Crippen LogP contribution in [-0.4, -0.2) is 34.2 Å². The van der Waals surface area contributed by atoms with Crippen LogP contribution in [0.25, 0.3) is 17.0 Å². The largest absolute Gasteiger partial charge is 0.364 e. The number of hydrogen-bond acceptors (Lipinski definition) is 4. The molecule has 2 amide bonds. The first kappa shape index (κ1) is 21.1. The number of aryl methyl sites for hydroxylation is 1. The second-order valence-corrected chi connectivity index (χ2v) is 7.93. The third-order valence-electron chi connectivity index (χ3n) is 5.64. The van der Waals surface area contributed by atoms with E-state index in [-0.39, 0.29) is 11.8 Å². The van der Waals surface area contributed by atoms with Gasteiger partial charge in [0.2, 0.25) is 0 Å². The molecule has 0 saturated heterocycles. The molecule has 1 aliphatic carbocycles. The molecule has 8 heteroatoms. The minimum Gasteiger partial charge on any atom is -0.364 e. The van der Waals surface area contributed by atoms with Crippen molar-refractivity contribution in [2.45, 2.75) is 12.8 Å². The van der Waals surface area contributed by atoms with E-state index in [9.17, 15) is 9.59 Å². The number of carbonyl (C=O) groups is 2. The molecule has 8 nitrogen and oxygen atoms in total. The number of carbonyl (C=O) groups excluding carboxylic acids is 2. The van der Waals surface area contributed by atoms with E-state index in [2.05, 4.69) is 37.1 Å². The van der Waals surface area contributed by atoms with Crippen molar-refractivity contribution in [3.05, 3.63) is 101 Å². The number of aromatic nitrogens is 2. The van der Waals surface area contributed by atoms with Crippen molar-refractivity contribution in [1.82, 2.24) is 20.8 Å². The minimum atomic E-state index is -0.364. The molecular weight excluding hydrogens is 428 g/mol. The number of H-pyrrole nitrogens is 2. The molecule has 2 aromatic carbocycles. The Bertz CT molecular complexity index is 1440. The van der Waals surface area contributed by atoms with Gasteiger partial charge in [0.05, 0.1) is 12.4 Å². The zero-order valence-electron chi connectivity index (χ0n) is 18.2. The van der Waals surface area contributed by atoms with Crippen molar-refractivity contribution in [2.24, 2.45) is 10.2 Å². The summed E-state index contributed by atoms with van der Waals surface area (Å²) in [6.45, 7) is 0. The van der Waals surface area contributed by atoms with Crippen LogP contribution >= 0.6 is 0 Å². The number of fused-ring (bicyclic) bond motifs is 2. The minimum absolute atomic E-state index is 0.347. The zero-order chi connectivity index (χ0) is 23.3. The Morgan fingerprint density at radius 2 is 1.50 bits per heavy atom. The third kappa shape index (κ3) is 4.71. The summed E-state index contributed by atoms with van der Waals surface area (Å²) in [5, 5.41) is 9.16. The fraction of sp³-hybridized carbons (Fsp3) is 0.0769. The molecular formula is C26H22N6O2. The normalized spacial score (nSPS) is 13.2. The lowest BCUT2D eigenvalue weighted by Gasteiger charge is -2.09. The van der Waals surface area contributed by atoms with Crippen molar-refractivity contribution in [2.75, 3.05) is 0 Å². The summed E-state index contributed by atoms with van der Waals surface area (Å²) in [4.78, 5) is 31.0. The van der Waals surface area contributed by atoms with Gasteiger partial charge in [-0.1, -0.05) is 6.07 Å². The Hall–Kier alpha value is -4.72. The molecule has 5 rings (SSSR count). The molecule has 0 saturated carbocycles. The van der Waals surface area contributed by atoms with Crippen molar-refractivity contribution in [3.63, 3.8) is 0 Å². The molecule has 0 spiro atoms. The predicted molar refractivity (Wildman–Crippen MR) is 133 cm³/mol. The summed E-state index contributed by atoms with van der Waals surface area (Å²) >= 11 is 0. The highest BCUT2D eigenvalue weighted by Gasteiger charge is 2.10. The van der Waals surface area contributed by atoms with Gasteiger partial charge in [0.1, 0.15) is 0 Å². The quantitative estimate of drug-likeness (QED) is 0.263. The summed E-state index contributed by atoms with van der Waals surface area (Å²) in [5.74, 6) is -0.711. The standard InChI is InChI=1S/C26H22N6O2/c33-25(31-29-15-17-1-7-23-21(13-17)9-11-27-23)19-3-5-20(6-4-19)26(34)32-30-16-18-2-8-24-22(14-18)10-12-28-24/h1,3-7,9-16,27-28H,2,8H2,(H,31,33)(H,32,34)/b29-15+,30-16+. The Morgan fingerprint density at radius 3 is 2.26 bits per heavy atom. The van der Waals surface area contributed by atoms with E-state index in [0.29, 0.717) is 11.1 Å². The van der Waals surface area contributed by atoms with Crippen molar-refractivity contribution in [1.29, 1.82) is 0 Å². The van der Waals surface area contributed by atoms with Gasteiger partial charge in [-0.05, 0) is 89.5 Å². The van der Waals surface area contributed by atoms with E-state index in [4.69, 9.17) is 0 Å². The Labute approximate surface area is 195 Å². The number of amides is 2. The number of rotatable bonds is 6. The lowest BCUT2D eigenvalue weighted by Crippen LogP contribution is -2.19. The lowest BCUT2D eigenvalue weighted by molar-refractivity contribution is 0.0943. The smallest absolute Gasteiger partial charge is 0.271 e. The van der Waals surface area contributed by atoms with Crippen LogP contribution in [0.15, 0.2) is 82.8 Å². The number of benzene rings is 2. The summed E-state index contributed by atoms with van der Waals surface area (Å²) in [6, 6.07) is 16.1. The van der Waals surface area contributed by atoms with Gasteiger partial charge in [-0.15, -0.1) is 0 Å². The van der Waals surface area contributed by atoms with E-state index < -0.39 is 0 Å². The highest BCUT2D eigenvalue weighted by molar-refractivity contribution is 5.98. The van der Waals surface area contributed by atoms with Crippen LogP contribution in [0.3, 0.4) is 0 Å². The van der Waals surface area contributed by atoms with Crippen LogP contribution in [0.4, 0.5) is 0 Å². The molecule has 2 aromatic heterocycles. The summed E-state index contributed by atoms with van der Waals surface area (Å²) in [7, 11) is 0. The van der Waals surface area contributed by atoms with E-state index in [0.717, 1.165) is 40.4 Å². The maximum atomic E-state index is 12.4. The van der Waals surface area contributed by atoms with Crippen LogP contribution in [0.5, 0.6) is 0 Å². The maximum Gasteiger partial charge on any atom is 0.271 e. The van der Waals surface area contributed by atoms with Crippen molar-refractivity contribution in [3.8, 4) is 0 Å². The second kappa shape index (κ2) is 9.41. The molecule has 168 valence electrons. The van der Waals surface area contributed by atoms with Gasteiger partial charge in [0.15, 0.2) is 0 Å². The molecule has 0 unspecified atom stereocenters. The van der Waals surface area contributed by atoms with E-state index in [1.165, 1.54) is 5.69 Å². The molecule has 4 aromatic rings. The Morgan fingerprint density at radius 1 is 0.794 bits per heavy atom. The monoisotopic (exact) mass is 450 g/mol. The number of nitrogens with one attached hydrogen (secondary N) is 4. The zero-order valence-corrected chi connectivity index (χ0v) is 18.2. The molecule has 0 radical (unpaired) electrons. The van der Waals surface area contributed by atoms with Gasteiger partial charge in [0, 0.05) is 34.7 Å². The number of allylic oxidation sites excluding steroid dienone is 1. The third-order valence-corrected chi connectivity index (χ3v) is 5.64. The number of nitrogens with zero attached hydrogens (tertiary/aromatic N) is 2. The first-order valence-corrected chi connectivity index (χ1v) is 10.9. The highest BCUT2D eigenvalue weighted by atomic mass is 16.2. The molecule has 0 bridgehead atoms. The van der Waals surface area contributed by atoms with Gasteiger partial charge in [-0.2, -0.15) is 10.2 Å².